The van der Waals surface area contributed by atoms with Crippen LogP contribution in [0.4, 0.5) is 39.4 Å². The van der Waals surface area contributed by atoms with Gasteiger partial charge in [0, 0.05) is 23.3 Å². The molecule has 0 spiro atoms. The van der Waals surface area contributed by atoms with E-state index in [0.717, 1.165) is 37.1 Å². The quantitative estimate of drug-likeness (QED) is 0.0369. The summed E-state index contributed by atoms with van der Waals surface area (Å²) >= 11 is 6.48. The first-order chi connectivity index (χ1) is 48.8. The SMILES string of the molecule is CC(C)(C)OC(=O)c1ccc(-c2nc([C@H]3CC[C@H](O[Si](C)(C)C(C)(C)C)[C@@H](F)C3)cnc2N)cc1F.CC(C)(C)OC(=O)c1ccc(B2OC(C)(C)C(C)(C)O2)cc1F.CC(C)(C)[Si](C)(C)O[C@H]1CC[C@H](c2cnc(N)c(Br)n2)C[C@@H]1F.CC(C)(C)[Si](C)(C)O[C@H]1CC[C@H](c2cnc(N)cn2)C[C@@H]1F.[B]=NS. The van der Waals surface area contributed by atoms with Crippen molar-refractivity contribution in [3.63, 3.8) is 0 Å². The Bertz CT molecular complexity index is 3800. The van der Waals surface area contributed by atoms with Crippen LogP contribution in [0.25, 0.3) is 11.3 Å². The molecule has 4 fully saturated rings. The number of carbonyl (C=O) groups excluding carboxylic acids is 2. The molecule has 5 aromatic rings. The van der Waals surface area contributed by atoms with Crippen molar-refractivity contribution in [2.24, 2.45) is 4.30 Å². The van der Waals surface area contributed by atoms with E-state index in [-0.39, 0.29) is 68.4 Å². The van der Waals surface area contributed by atoms with E-state index >= 15 is 4.39 Å². The van der Waals surface area contributed by atoms with E-state index in [1.807, 2.05) is 27.7 Å². The molecule has 4 aliphatic rings. The van der Waals surface area contributed by atoms with Crippen molar-refractivity contribution in [1.82, 2.24) is 29.9 Å². The zero-order valence-electron chi connectivity index (χ0n) is 67.7. The van der Waals surface area contributed by atoms with E-state index in [1.165, 1.54) is 24.3 Å². The maximum atomic E-state index is 15.2. The van der Waals surface area contributed by atoms with Crippen LogP contribution in [0, 0.1) is 11.6 Å². The van der Waals surface area contributed by atoms with Crippen molar-refractivity contribution in [3.8, 4) is 11.3 Å². The van der Waals surface area contributed by atoms with Crippen molar-refractivity contribution in [1.29, 1.82) is 0 Å². The summed E-state index contributed by atoms with van der Waals surface area (Å²) in [6.45, 7) is 50.6. The second kappa shape index (κ2) is 36.6. The minimum atomic E-state index is -2.08. The molecule has 3 saturated carbocycles. The summed E-state index contributed by atoms with van der Waals surface area (Å²) in [5, 5.41) is 0.206. The molecule has 3 aromatic heterocycles. The molecule has 0 unspecified atom stereocenters. The first kappa shape index (κ1) is 92.5. The zero-order chi connectivity index (χ0) is 81.3. The van der Waals surface area contributed by atoms with Crippen LogP contribution in [0.15, 0.2) is 70.1 Å². The van der Waals surface area contributed by atoms with Gasteiger partial charge in [0.1, 0.15) is 63.3 Å². The van der Waals surface area contributed by atoms with Crippen molar-refractivity contribution >= 4 is 103 Å². The van der Waals surface area contributed by atoms with E-state index in [2.05, 4.69) is 172 Å². The van der Waals surface area contributed by atoms with Crippen LogP contribution >= 0.6 is 28.7 Å². The topological polar surface area (TPSA) is 267 Å². The van der Waals surface area contributed by atoms with Gasteiger partial charge in [0.25, 0.3) is 0 Å². The van der Waals surface area contributed by atoms with Crippen LogP contribution in [-0.4, -0.2) is 141 Å². The third kappa shape index (κ3) is 26.0. The number of carbonyl (C=O) groups is 2. The number of alkyl halides is 3. The number of anilines is 3. The van der Waals surface area contributed by atoms with Gasteiger partial charge in [-0.2, -0.15) is 0 Å². The molecule has 9 rings (SSSR count). The number of hydrogen-bond acceptors (Lipinski definition) is 20. The van der Waals surface area contributed by atoms with Gasteiger partial charge >= 0.3 is 43.8 Å². The molecule has 1 aliphatic heterocycles. The molecule has 593 valence electrons. The Balaban J connectivity index is 0.000000258. The molecule has 3 aliphatic carbocycles. The van der Waals surface area contributed by atoms with Gasteiger partial charge in [-0.05, 0) is 227 Å². The van der Waals surface area contributed by atoms with E-state index in [1.54, 1.807) is 78.5 Å². The number of nitrogens with zero attached hydrogens (tertiary/aromatic N) is 7. The van der Waals surface area contributed by atoms with E-state index in [4.69, 9.17) is 49.3 Å². The number of benzene rings is 2. The van der Waals surface area contributed by atoms with Gasteiger partial charge in [-0.3, -0.25) is 4.98 Å². The summed E-state index contributed by atoms with van der Waals surface area (Å²) in [5.41, 5.74) is 18.1. The fraction of sp³-hybridized carbons (Fsp3) is 0.658. The Morgan fingerprint density at radius 3 is 1.24 bits per heavy atom. The van der Waals surface area contributed by atoms with Crippen LogP contribution in [0.5, 0.6) is 0 Å². The molecule has 19 nitrogen and oxygen atoms in total. The molecule has 6 N–H and O–H groups in total. The number of nitrogens with two attached hydrogens (primary N) is 3. The monoisotopic (exact) mass is 1630 g/mol. The van der Waals surface area contributed by atoms with Crippen LogP contribution in [-0.2, 0) is 32.1 Å². The number of esters is 2. The molecular weight excluding hydrogens is 1510 g/mol. The molecular formula is C76H119B2BrF5N10O9SSi3. The summed E-state index contributed by atoms with van der Waals surface area (Å²) in [5.74, 6) is -1.87. The fourth-order valence-corrected chi connectivity index (χ4v) is 15.8. The predicted molar refractivity (Wildman–Crippen MR) is 433 cm³/mol. The normalized spacial score (nSPS) is 22.7. The fourth-order valence-electron chi connectivity index (χ4n) is 11.4. The van der Waals surface area contributed by atoms with Crippen molar-refractivity contribution < 1.29 is 63.6 Å². The van der Waals surface area contributed by atoms with Gasteiger partial charge in [-0.15, -0.1) is 0 Å². The summed E-state index contributed by atoms with van der Waals surface area (Å²) in [6.07, 6.45) is 8.14. The summed E-state index contributed by atoms with van der Waals surface area (Å²) in [6, 6.07) is 8.42. The third-order valence-electron chi connectivity index (χ3n) is 21.4. The zero-order valence-corrected chi connectivity index (χ0v) is 73.2. The summed E-state index contributed by atoms with van der Waals surface area (Å²) in [4.78, 5) is 50.1. The van der Waals surface area contributed by atoms with Gasteiger partial charge in [0.2, 0.25) is 0 Å². The van der Waals surface area contributed by atoms with E-state index < -0.39 is 103 Å². The van der Waals surface area contributed by atoms with Crippen LogP contribution in [0.2, 0.25) is 54.4 Å². The molecule has 0 amide bonds. The van der Waals surface area contributed by atoms with Gasteiger partial charge in [0.15, 0.2) is 30.8 Å². The van der Waals surface area contributed by atoms with Crippen molar-refractivity contribution in [3.05, 3.63) is 106 Å². The van der Waals surface area contributed by atoms with Gasteiger partial charge in [-0.1, -0.05) is 74.4 Å². The number of aromatic nitrogens is 6. The number of ether oxygens (including phenoxy) is 2. The molecule has 107 heavy (non-hydrogen) atoms. The molecule has 0 bridgehead atoms. The number of rotatable bonds is 13. The predicted octanol–water partition coefficient (Wildman–Crippen LogP) is 19.0. The Morgan fingerprint density at radius 1 is 0.551 bits per heavy atom. The van der Waals surface area contributed by atoms with Crippen molar-refractivity contribution in [2.75, 3.05) is 17.2 Å². The number of halogens is 6. The second-order valence-electron chi connectivity index (χ2n) is 35.8. The summed E-state index contributed by atoms with van der Waals surface area (Å²) < 4.78 is 118. The van der Waals surface area contributed by atoms with Crippen LogP contribution in [0.3, 0.4) is 0 Å². The minimum absolute atomic E-state index is 0.00913. The van der Waals surface area contributed by atoms with E-state index in [0.29, 0.717) is 64.3 Å². The number of hydrogen-bond donors (Lipinski definition) is 4. The average Bonchev–Trinajstić information content (AvgIpc) is 1.62. The second-order valence-corrected chi connectivity index (χ2v) is 51.1. The first-order valence-corrected chi connectivity index (χ1v) is 46.6. The Labute approximate surface area is 652 Å². The summed E-state index contributed by atoms with van der Waals surface area (Å²) in [7, 11) is -2.28. The maximum absolute atomic E-state index is 15.2. The molecule has 1 radical (unpaired) electrons. The number of nitrogen functional groups attached to an aromatic ring is 3. The van der Waals surface area contributed by atoms with Crippen molar-refractivity contribution in [2.45, 2.75) is 321 Å². The first-order valence-electron chi connectivity index (χ1n) is 36.7. The Kier molecular flexibility index (Phi) is 31.6. The Morgan fingerprint density at radius 2 is 0.907 bits per heavy atom. The van der Waals surface area contributed by atoms with Gasteiger partial charge < -0.3 is 49.3 Å². The van der Waals surface area contributed by atoms with Crippen LogP contribution in [0.1, 0.15) is 245 Å². The van der Waals surface area contributed by atoms with E-state index in [9.17, 15) is 27.2 Å². The molecule has 9 atom stereocenters. The third-order valence-corrected chi connectivity index (χ3v) is 35.5. The Hall–Kier alpha value is -5.12. The van der Waals surface area contributed by atoms with Crippen LogP contribution < -0.4 is 22.7 Å². The average molecular weight is 1630 g/mol. The number of thiol groups is 1. The van der Waals surface area contributed by atoms with Gasteiger partial charge in [0.05, 0.1) is 82.5 Å². The molecule has 4 heterocycles. The molecule has 2 aromatic carbocycles. The standard InChI is InChI=1S/C27H39F2N3O3Si.C17H24BFO4.C16H27BrFN3OSi.C16H28FN3OSi.BHNS/c1-26(2,3)34-25(33)18-11-9-17(14-19(18)28)23-24(30)31-15-21(32-23)16-10-12-22(20(29)13-16)35-36(7,8)27(4,5)6;1-15(2,3)21-14(20)12-9-8-11(10-13(12)19)18-22-16(4,5)17(6,7)23-18;1-16(2,3)23(4,5)22-13-7-6-10(8-11(13)18)12-9-20-15(19)14(17)21-12;1-16(2,3)22(4,5)21-14-7-6-11(8-12(14)17)13-9-20-15(18)10-19-13;1-2-3/h9,11,14-16,20,22H,10,12-13H2,1-8H3,(H2,30,31);8-10H,1-7H3;9-11,13H,6-8H2,1-5H3,(H2,19,20);9-12,14H,6-8H2,1-5H3,(H2,18,20);3H/t16-,20-,22-;;10-,11-,13-;11-,12-,14-;/m0.00./s1. The molecule has 31 heteroatoms. The van der Waals surface area contributed by atoms with Gasteiger partial charge in [-0.25, -0.2) is 56.5 Å². The molecule has 1 saturated heterocycles.